The molecule has 0 aliphatic carbocycles. The minimum absolute atomic E-state index is 0.0857. The fourth-order valence-corrected chi connectivity index (χ4v) is 3.14. The smallest absolute Gasteiger partial charge is 0.463 e. The number of carbonyl (C=O) groups excluding carboxylic acids is 1. The van der Waals surface area contributed by atoms with Gasteiger partial charge >= 0.3 is 7.12 Å². The molecule has 8 heteroatoms. The summed E-state index contributed by atoms with van der Waals surface area (Å²) in [5.74, 6) is -1.81. The average molecular weight is 367 g/mol. The number of benzene rings is 1. The summed E-state index contributed by atoms with van der Waals surface area (Å²) in [5, 5.41) is 0. The number of rotatable bonds is 4. The highest BCUT2D eigenvalue weighted by Gasteiger charge is 2.54. The zero-order valence-electron chi connectivity index (χ0n) is 15.6. The molecule has 1 amide bonds. The third-order valence-corrected chi connectivity index (χ3v) is 5.48. The molecule has 2 aliphatic rings. The Morgan fingerprint density at radius 1 is 1.27 bits per heavy atom. The molecule has 2 aliphatic heterocycles. The Labute approximate surface area is 152 Å². The van der Waals surface area contributed by atoms with Gasteiger partial charge in [0.25, 0.3) is 5.91 Å². The molecule has 2 fully saturated rings. The van der Waals surface area contributed by atoms with E-state index in [1.165, 1.54) is 6.07 Å². The van der Waals surface area contributed by atoms with E-state index in [0.717, 1.165) is 18.6 Å². The predicted octanol–water partition coefficient (Wildman–Crippen LogP) is 3.04. The van der Waals surface area contributed by atoms with Crippen LogP contribution in [0.4, 0.5) is 8.78 Å². The van der Waals surface area contributed by atoms with Crippen LogP contribution in [-0.2, 0) is 14.1 Å². The minimum Gasteiger partial charge on any atom is -0.481 e. The van der Waals surface area contributed by atoms with E-state index in [-0.39, 0.29) is 31.2 Å². The normalized spacial score (nSPS) is 24.2. The van der Waals surface area contributed by atoms with Crippen molar-refractivity contribution in [1.29, 1.82) is 0 Å². The molecule has 1 unspecified atom stereocenters. The first-order chi connectivity index (χ1) is 12.1. The maximum atomic E-state index is 13.6. The molecule has 142 valence electrons. The van der Waals surface area contributed by atoms with Crippen LogP contribution in [0, 0.1) is 11.6 Å². The van der Waals surface area contributed by atoms with Crippen molar-refractivity contribution in [2.45, 2.75) is 51.1 Å². The van der Waals surface area contributed by atoms with Gasteiger partial charge in [-0.25, -0.2) is 8.78 Å². The Balaban J connectivity index is 1.53. The van der Waals surface area contributed by atoms with Crippen LogP contribution in [0.5, 0.6) is 5.75 Å². The van der Waals surface area contributed by atoms with Crippen molar-refractivity contribution in [1.82, 2.24) is 4.90 Å². The Morgan fingerprint density at radius 3 is 2.54 bits per heavy atom. The predicted molar refractivity (Wildman–Crippen MR) is 92.9 cm³/mol. The third-order valence-electron chi connectivity index (χ3n) is 5.48. The first-order valence-corrected chi connectivity index (χ1v) is 8.80. The molecule has 0 spiro atoms. The molecule has 1 aromatic carbocycles. The summed E-state index contributed by atoms with van der Waals surface area (Å²) < 4.78 is 43.8. The second kappa shape index (κ2) is 6.81. The Bertz CT molecular complexity index is 682. The van der Waals surface area contributed by atoms with Crippen LogP contribution in [0.2, 0.25) is 5.82 Å². The molecular weight excluding hydrogens is 343 g/mol. The van der Waals surface area contributed by atoms with Gasteiger partial charge in [-0.1, -0.05) is 0 Å². The standard InChI is InChI=1S/C18H24BF2NO4/c1-17(2)18(3,4)26-19(25-17)12-7-8-22(10-12)16(23)11-24-15-6-5-13(20)9-14(15)21/h5-6,9,12H,7-8,10-11H2,1-4H3. The van der Waals surface area contributed by atoms with Crippen LogP contribution in [0.1, 0.15) is 34.1 Å². The molecule has 0 aromatic heterocycles. The summed E-state index contributed by atoms with van der Waals surface area (Å²) >= 11 is 0. The molecule has 2 saturated heterocycles. The SMILES string of the molecule is CC1(C)OB(C2CCN(C(=O)COc3ccc(F)cc3F)C2)OC1(C)C. The number of ether oxygens (including phenoxy) is 1. The van der Waals surface area contributed by atoms with Gasteiger partial charge in [0.15, 0.2) is 18.2 Å². The summed E-state index contributed by atoms with van der Waals surface area (Å²) in [7, 11) is -0.353. The van der Waals surface area contributed by atoms with Crippen LogP contribution in [0.25, 0.3) is 0 Å². The average Bonchev–Trinajstić information content (AvgIpc) is 3.09. The molecule has 0 saturated carbocycles. The van der Waals surface area contributed by atoms with Crippen molar-refractivity contribution >= 4 is 13.0 Å². The molecule has 0 N–H and O–H groups in total. The highest BCUT2D eigenvalue weighted by atomic mass is 19.1. The lowest BCUT2D eigenvalue weighted by Crippen LogP contribution is -2.41. The fourth-order valence-electron chi connectivity index (χ4n) is 3.14. The summed E-state index contributed by atoms with van der Waals surface area (Å²) in [4.78, 5) is 14.0. The van der Waals surface area contributed by atoms with E-state index in [1.54, 1.807) is 4.90 Å². The van der Waals surface area contributed by atoms with Crippen LogP contribution < -0.4 is 4.74 Å². The van der Waals surface area contributed by atoms with E-state index in [0.29, 0.717) is 13.1 Å². The van der Waals surface area contributed by atoms with Gasteiger partial charge in [-0.05, 0) is 46.2 Å². The Hall–Kier alpha value is -1.67. The summed E-state index contributed by atoms with van der Waals surface area (Å²) in [5.41, 5.74) is -0.809. The molecule has 0 radical (unpaired) electrons. The quantitative estimate of drug-likeness (QED) is 0.768. The van der Waals surface area contributed by atoms with Crippen molar-refractivity contribution in [2.75, 3.05) is 19.7 Å². The Kier molecular flexibility index (Phi) is 5.01. The van der Waals surface area contributed by atoms with Crippen molar-refractivity contribution in [2.24, 2.45) is 0 Å². The van der Waals surface area contributed by atoms with E-state index in [2.05, 4.69) is 0 Å². The lowest BCUT2D eigenvalue weighted by Gasteiger charge is -2.32. The third kappa shape index (κ3) is 3.71. The highest BCUT2D eigenvalue weighted by molar-refractivity contribution is 6.47. The second-order valence-corrected chi connectivity index (χ2v) is 7.88. The summed E-state index contributed by atoms with van der Waals surface area (Å²) in [6, 6.07) is 2.99. The second-order valence-electron chi connectivity index (χ2n) is 7.88. The molecule has 1 aromatic rings. The van der Waals surface area contributed by atoms with E-state index in [1.807, 2.05) is 27.7 Å². The Morgan fingerprint density at radius 2 is 1.92 bits per heavy atom. The van der Waals surface area contributed by atoms with Gasteiger partial charge < -0.3 is 18.9 Å². The number of nitrogens with zero attached hydrogens (tertiary/aromatic N) is 1. The largest absolute Gasteiger partial charge is 0.481 e. The molecule has 1 atom stereocenters. The van der Waals surface area contributed by atoms with Crippen LogP contribution in [-0.4, -0.2) is 48.8 Å². The number of likely N-dealkylation sites (tertiary alicyclic amines) is 1. The van der Waals surface area contributed by atoms with Gasteiger partial charge in [-0.3, -0.25) is 4.79 Å². The van der Waals surface area contributed by atoms with Gasteiger partial charge in [0.2, 0.25) is 0 Å². The van der Waals surface area contributed by atoms with Crippen LogP contribution >= 0.6 is 0 Å². The first kappa shape index (κ1) is 19.1. The summed E-state index contributed by atoms with van der Waals surface area (Å²) in [6.45, 7) is 8.77. The minimum atomic E-state index is -0.825. The number of hydrogen-bond acceptors (Lipinski definition) is 4. The lowest BCUT2D eigenvalue weighted by molar-refractivity contribution is -0.132. The summed E-state index contributed by atoms with van der Waals surface area (Å²) in [6.07, 6.45) is 0.771. The molecule has 2 heterocycles. The number of hydrogen-bond donors (Lipinski definition) is 0. The molecule has 3 rings (SSSR count). The maximum Gasteiger partial charge on any atom is 0.463 e. The van der Waals surface area contributed by atoms with Crippen molar-refractivity contribution in [3.05, 3.63) is 29.8 Å². The van der Waals surface area contributed by atoms with Crippen molar-refractivity contribution < 1.29 is 27.6 Å². The lowest BCUT2D eigenvalue weighted by atomic mass is 9.71. The number of carbonyl (C=O) groups is 1. The van der Waals surface area contributed by atoms with Gasteiger partial charge in [0, 0.05) is 25.0 Å². The van der Waals surface area contributed by atoms with Crippen molar-refractivity contribution in [3.8, 4) is 5.75 Å². The number of halogens is 2. The fraction of sp³-hybridized carbons (Fsp3) is 0.611. The molecule has 0 bridgehead atoms. The monoisotopic (exact) mass is 367 g/mol. The van der Waals surface area contributed by atoms with E-state index in [4.69, 9.17) is 14.0 Å². The molecule has 5 nitrogen and oxygen atoms in total. The maximum absolute atomic E-state index is 13.6. The van der Waals surface area contributed by atoms with Crippen molar-refractivity contribution in [3.63, 3.8) is 0 Å². The van der Waals surface area contributed by atoms with Gasteiger partial charge in [-0.15, -0.1) is 0 Å². The first-order valence-electron chi connectivity index (χ1n) is 8.80. The molecule has 26 heavy (non-hydrogen) atoms. The number of amides is 1. The van der Waals surface area contributed by atoms with E-state index in [9.17, 15) is 13.6 Å². The van der Waals surface area contributed by atoms with Gasteiger partial charge in [-0.2, -0.15) is 0 Å². The van der Waals surface area contributed by atoms with Gasteiger partial charge in [0.05, 0.1) is 11.2 Å². The zero-order valence-corrected chi connectivity index (χ0v) is 15.6. The highest BCUT2D eigenvalue weighted by Crippen LogP contribution is 2.42. The topological polar surface area (TPSA) is 48.0 Å². The van der Waals surface area contributed by atoms with Gasteiger partial charge in [0.1, 0.15) is 5.82 Å². The van der Waals surface area contributed by atoms with Crippen LogP contribution in [0.3, 0.4) is 0 Å². The van der Waals surface area contributed by atoms with E-state index < -0.39 is 22.8 Å². The molecular formula is C18H24BF2NO4. The zero-order chi connectivity index (χ0) is 19.1. The van der Waals surface area contributed by atoms with E-state index >= 15 is 0 Å². The van der Waals surface area contributed by atoms with Crippen LogP contribution in [0.15, 0.2) is 18.2 Å².